The number of benzene rings is 1. The molecule has 19 heavy (non-hydrogen) atoms. The molecule has 2 aliphatic heterocycles. The van der Waals surface area contributed by atoms with Crippen molar-refractivity contribution in [3.63, 3.8) is 0 Å². The lowest BCUT2D eigenvalue weighted by atomic mass is 9.85. The van der Waals surface area contributed by atoms with Crippen molar-refractivity contribution in [2.24, 2.45) is 0 Å². The van der Waals surface area contributed by atoms with Crippen LogP contribution in [-0.4, -0.2) is 32.5 Å². The average Bonchev–Trinajstić information content (AvgIpc) is 2.74. The van der Waals surface area contributed by atoms with Crippen molar-refractivity contribution in [3.05, 3.63) is 29.3 Å². The molecule has 2 heterocycles. The first kappa shape index (κ1) is 13.2. The lowest BCUT2D eigenvalue weighted by molar-refractivity contribution is -0.0892. The van der Waals surface area contributed by atoms with Crippen LogP contribution >= 0.6 is 11.6 Å². The molecule has 0 saturated carbocycles. The Morgan fingerprint density at radius 3 is 2.89 bits per heavy atom. The first-order valence-electron chi connectivity index (χ1n) is 6.68. The molecule has 2 atom stereocenters. The average molecular weight is 283 g/mol. The topological polar surface area (TPSA) is 27.7 Å². The highest BCUT2D eigenvalue weighted by Gasteiger charge is 2.33. The standard InChI is InChI=1S/C15H19ClO3/c1-15(2)9-19-12-4-3-10(7-11(12)15)14(16)13-8-17-5-6-18-13/h3-4,7,13-14H,5-6,8-9H2,1-2H3. The van der Waals surface area contributed by atoms with Crippen molar-refractivity contribution < 1.29 is 14.2 Å². The van der Waals surface area contributed by atoms with E-state index >= 15 is 0 Å². The third-order valence-corrected chi connectivity index (χ3v) is 4.34. The minimum Gasteiger partial charge on any atom is -0.492 e. The van der Waals surface area contributed by atoms with Crippen LogP contribution in [-0.2, 0) is 14.9 Å². The van der Waals surface area contributed by atoms with Gasteiger partial charge < -0.3 is 14.2 Å². The number of halogens is 1. The minimum absolute atomic E-state index is 0.0475. The molecule has 0 aliphatic carbocycles. The van der Waals surface area contributed by atoms with Crippen LogP contribution in [0.25, 0.3) is 0 Å². The van der Waals surface area contributed by atoms with Gasteiger partial charge in [-0.25, -0.2) is 0 Å². The van der Waals surface area contributed by atoms with Gasteiger partial charge in [0.2, 0.25) is 0 Å². The first-order valence-corrected chi connectivity index (χ1v) is 7.12. The zero-order valence-electron chi connectivity index (χ0n) is 11.3. The summed E-state index contributed by atoms with van der Waals surface area (Å²) < 4.78 is 16.8. The molecule has 1 aromatic carbocycles. The van der Waals surface area contributed by atoms with E-state index in [1.54, 1.807) is 0 Å². The van der Waals surface area contributed by atoms with Crippen molar-refractivity contribution in [3.8, 4) is 5.75 Å². The maximum Gasteiger partial charge on any atom is 0.123 e. The molecule has 0 radical (unpaired) electrons. The molecular formula is C15H19ClO3. The predicted molar refractivity (Wildman–Crippen MR) is 74.1 cm³/mol. The molecule has 104 valence electrons. The smallest absolute Gasteiger partial charge is 0.123 e. The van der Waals surface area contributed by atoms with Gasteiger partial charge in [0.15, 0.2) is 0 Å². The number of alkyl halides is 1. The maximum atomic E-state index is 6.53. The summed E-state index contributed by atoms with van der Waals surface area (Å²) in [5.41, 5.74) is 2.35. The molecule has 0 spiro atoms. The Labute approximate surface area is 118 Å². The summed E-state index contributed by atoms with van der Waals surface area (Å²) >= 11 is 6.53. The summed E-state index contributed by atoms with van der Waals surface area (Å²) in [7, 11) is 0. The molecule has 3 nitrogen and oxygen atoms in total. The Kier molecular flexibility index (Phi) is 3.46. The third kappa shape index (κ3) is 2.47. The molecule has 0 aromatic heterocycles. The quantitative estimate of drug-likeness (QED) is 0.781. The summed E-state index contributed by atoms with van der Waals surface area (Å²) in [6, 6.07) is 6.19. The first-order chi connectivity index (χ1) is 9.08. The van der Waals surface area contributed by atoms with Gasteiger partial charge >= 0.3 is 0 Å². The van der Waals surface area contributed by atoms with Gasteiger partial charge in [0.25, 0.3) is 0 Å². The van der Waals surface area contributed by atoms with E-state index in [1.165, 1.54) is 5.56 Å². The Hall–Kier alpha value is -0.770. The molecule has 4 heteroatoms. The van der Waals surface area contributed by atoms with Crippen LogP contribution in [0.15, 0.2) is 18.2 Å². The fourth-order valence-corrected chi connectivity index (χ4v) is 2.88. The minimum atomic E-state index is -0.179. The van der Waals surface area contributed by atoms with Crippen LogP contribution in [0.1, 0.15) is 30.4 Å². The Balaban J connectivity index is 1.85. The highest BCUT2D eigenvalue weighted by atomic mass is 35.5. The highest BCUT2D eigenvalue weighted by molar-refractivity contribution is 6.21. The SMILES string of the molecule is CC1(C)COc2ccc(C(Cl)C3COCCO3)cc21. The lowest BCUT2D eigenvalue weighted by Gasteiger charge is -2.27. The highest BCUT2D eigenvalue weighted by Crippen LogP contribution is 2.41. The maximum absolute atomic E-state index is 6.53. The summed E-state index contributed by atoms with van der Waals surface area (Å²) in [5.74, 6) is 0.971. The molecular weight excluding hydrogens is 264 g/mol. The van der Waals surface area contributed by atoms with Gasteiger partial charge in [0, 0.05) is 11.0 Å². The van der Waals surface area contributed by atoms with Crippen molar-refractivity contribution in [1.29, 1.82) is 0 Å². The molecule has 1 saturated heterocycles. The van der Waals surface area contributed by atoms with Crippen LogP contribution < -0.4 is 4.74 Å². The van der Waals surface area contributed by atoms with E-state index in [4.69, 9.17) is 25.8 Å². The molecule has 0 bridgehead atoms. The van der Waals surface area contributed by atoms with Crippen LogP contribution in [0.2, 0.25) is 0 Å². The Morgan fingerprint density at radius 1 is 1.32 bits per heavy atom. The molecule has 3 rings (SSSR count). The number of hydrogen-bond donors (Lipinski definition) is 0. The monoisotopic (exact) mass is 282 g/mol. The van der Waals surface area contributed by atoms with E-state index in [-0.39, 0.29) is 16.9 Å². The fourth-order valence-electron chi connectivity index (χ4n) is 2.60. The van der Waals surface area contributed by atoms with Gasteiger partial charge in [-0.2, -0.15) is 0 Å². The summed E-state index contributed by atoms with van der Waals surface area (Å²) in [4.78, 5) is 0. The molecule has 2 unspecified atom stereocenters. The van der Waals surface area contributed by atoms with E-state index in [9.17, 15) is 0 Å². The van der Waals surface area contributed by atoms with E-state index in [1.807, 2.05) is 12.1 Å². The lowest BCUT2D eigenvalue weighted by Crippen LogP contribution is -2.32. The van der Waals surface area contributed by atoms with Gasteiger partial charge in [-0.05, 0) is 17.7 Å². The zero-order valence-corrected chi connectivity index (χ0v) is 12.1. The van der Waals surface area contributed by atoms with Crippen molar-refractivity contribution in [2.75, 3.05) is 26.4 Å². The second-order valence-corrected chi connectivity index (χ2v) is 6.28. The van der Waals surface area contributed by atoms with Crippen LogP contribution in [0.3, 0.4) is 0 Å². The molecule has 0 N–H and O–H groups in total. The number of fused-ring (bicyclic) bond motifs is 1. The Morgan fingerprint density at radius 2 is 2.16 bits per heavy atom. The summed E-state index contributed by atoms with van der Waals surface area (Å²) in [5, 5.41) is -0.179. The van der Waals surface area contributed by atoms with Gasteiger partial charge in [0.05, 0.1) is 31.8 Å². The van der Waals surface area contributed by atoms with Crippen LogP contribution in [0, 0.1) is 0 Å². The second-order valence-electron chi connectivity index (χ2n) is 5.81. The van der Waals surface area contributed by atoms with Crippen molar-refractivity contribution >= 4 is 11.6 Å². The van der Waals surface area contributed by atoms with E-state index in [2.05, 4.69) is 19.9 Å². The van der Waals surface area contributed by atoms with Crippen molar-refractivity contribution in [2.45, 2.75) is 30.7 Å². The molecule has 2 aliphatic rings. The summed E-state index contributed by atoms with van der Waals surface area (Å²) in [6.07, 6.45) is -0.0705. The van der Waals surface area contributed by atoms with Crippen LogP contribution in [0.5, 0.6) is 5.75 Å². The molecule has 1 fully saturated rings. The third-order valence-electron chi connectivity index (χ3n) is 3.81. The van der Waals surface area contributed by atoms with Crippen LogP contribution in [0.4, 0.5) is 0 Å². The van der Waals surface area contributed by atoms with Gasteiger partial charge in [0.1, 0.15) is 11.9 Å². The fraction of sp³-hybridized carbons (Fsp3) is 0.600. The predicted octanol–water partition coefficient (Wildman–Crippen LogP) is 3.05. The zero-order chi connectivity index (χ0) is 13.5. The molecule has 0 amide bonds. The van der Waals surface area contributed by atoms with Gasteiger partial charge in [-0.3, -0.25) is 0 Å². The van der Waals surface area contributed by atoms with E-state index in [0.29, 0.717) is 19.8 Å². The second kappa shape index (κ2) is 4.97. The number of ether oxygens (including phenoxy) is 3. The van der Waals surface area contributed by atoms with E-state index in [0.717, 1.165) is 17.9 Å². The van der Waals surface area contributed by atoms with E-state index < -0.39 is 0 Å². The normalized spacial score (nSPS) is 26.6. The summed E-state index contributed by atoms with van der Waals surface area (Å²) in [6.45, 7) is 6.93. The van der Waals surface area contributed by atoms with Gasteiger partial charge in [-0.15, -0.1) is 11.6 Å². The Bertz CT molecular complexity index is 466. The molecule has 1 aromatic rings. The largest absolute Gasteiger partial charge is 0.492 e. The number of hydrogen-bond acceptors (Lipinski definition) is 3. The van der Waals surface area contributed by atoms with Crippen molar-refractivity contribution in [1.82, 2.24) is 0 Å². The number of rotatable bonds is 2. The van der Waals surface area contributed by atoms with Gasteiger partial charge in [-0.1, -0.05) is 19.9 Å².